The highest BCUT2D eigenvalue weighted by Gasteiger charge is 2.06. The summed E-state index contributed by atoms with van der Waals surface area (Å²) in [6, 6.07) is 9.85. The third kappa shape index (κ3) is 2.94. The molecule has 0 bridgehead atoms. The van der Waals surface area contributed by atoms with E-state index >= 15 is 0 Å². The molecular weight excluding hydrogens is 226 g/mol. The molecule has 0 aliphatic carbocycles. The topological polar surface area (TPSA) is 53.9 Å². The fourth-order valence-electron chi connectivity index (χ4n) is 1.66. The molecule has 0 radical (unpaired) electrons. The SMILES string of the molecule is CCN(CC)c1ncnc(Nc2ccccc2)n1. The third-order valence-corrected chi connectivity index (χ3v) is 2.64. The second-order valence-corrected chi connectivity index (χ2v) is 3.77. The van der Waals surface area contributed by atoms with Gasteiger partial charge in [-0.05, 0) is 26.0 Å². The Morgan fingerprint density at radius 2 is 1.78 bits per heavy atom. The maximum atomic E-state index is 4.40. The molecule has 0 aliphatic heterocycles. The smallest absolute Gasteiger partial charge is 0.231 e. The van der Waals surface area contributed by atoms with Gasteiger partial charge in [-0.1, -0.05) is 18.2 Å². The van der Waals surface area contributed by atoms with Crippen LogP contribution in [-0.4, -0.2) is 28.0 Å². The Kier molecular flexibility index (Phi) is 4.06. The van der Waals surface area contributed by atoms with Gasteiger partial charge in [0, 0.05) is 18.8 Å². The summed E-state index contributed by atoms with van der Waals surface area (Å²) in [5, 5.41) is 3.16. The van der Waals surface area contributed by atoms with E-state index in [0.29, 0.717) is 11.9 Å². The van der Waals surface area contributed by atoms with Crippen LogP contribution in [-0.2, 0) is 0 Å². The van der Waals surface area contributed by atoms with Gasteiger partial charge in [0.05, 0.1) is 0 Å². The summed E-state index contributed by atoms with van der Waals surface area (Å²) in [6.07, 6.45) is 1.53. The second-order valence-electron chi connectivity index (χ2n) is 3.77. The average molecular weight is 243 g/mol. The number of hydrogen-bond donors (Lipinski definition) is 1. The summed E-state index contributed by atoms with van der Waals surface area (Å²) < 4.78 is 0. The van der Waals surface area contributed by atoms with Gasteiger partial charge in [-0.15, -0.1) is 0 Å². The van der Waals surface area contributed by atoms with Gasteiger partial charge >= 0.3 is 0 Å². The first-order chi connectivity index (χ1) is 8.83. The Balaban J connectivity index is 2.17. The fourth-order valence-corrected chi connectivity index (χ4v) is 1.66. The fraction of sp³-hybridized carbons (Fsp3) is 0.308. The molecule has 0 aliphatic rings. The van der Waals surface area contributed by atoms with Crippen LogP contribution in [0.1, 0.15) is 13.8 Å². The summed E-state index contributed by atoms with van der Waals surface area (Å²) >= 11 is 0. The van der Waals surface area contributed by atoms with Crippen molar-refractivity contribution in [1.29, 1.82) is 0 Å². The highest BCUT2D eigenvalue weighted by Crippen LogP contribution is 2.13. The molecule has 5 nitrogen and oxygen atoms in total. The monoisotopic (exact) mass is 243 g/mol. The summed E-state index contributed by atoms with van der Waals surface area (Å²) in [5.41, 5.74) is 0.967. The van der Waals surface area contributed by atoms with E-state index in [4.69, 9.17) is 0 Å². The van der Waals surface area contributed by atoms with Crippen LogP contribution in [0.3, 0.4) is 0 Å². The van der Waals surface area contributed by atoms with Crippen molar-refractivity contribution in [3.05, 3.63) is 36.7 Å². The van der Waals surface area contributed by atoms with E-state index in [2.05, 4.69) is 39.0 Å². The van der Waals surface area contributed by atoms with E-state index in [1.807, 2.05) is 30.3 Å². The molecule has 0 amide bonds. The Labute approximate surface area is 107 Å². The number of rotatable bonds is 5. The van der Waals surface area contributed by atoms with Gasteiger partial charge in [-0.2, -0.15) is 4.98 Å². The minimum Gasteiger partial charge on any atom is -0.341 e. The minimum absolute atomic E-state index is 0.568. The van der Waals surface area contributed by atoms with Crippen molar-refractivity contribution in [3.8, 4) is 0 Å². The van der Waals surface area contributed by atoms with Crippen LogP contribution in [0.2, 0.25) is 0 Å². The molecule has 0 spiro atoms. The lowest BCUT2D eigenvalue weighted by atomic mass is 10.3. The van der Waals surface area contributed by atoms with Crippen molar-refractivity contribution in [2.45, 2.75) is 13.8 Å². The van der Waals surface area contributed by atoms with E-state index < -0.39 is 0 Å². The first-order valence-corrected chi connectivity index (χ1v) is 6.09. The predicted octanol–water partition coefficient (Wildman–Crippen LogP) is 2.46. The molecule has 1 N–H and O–H groups in total. The molecule has 1 aromatic heterocycles. The summed E-state index contributed by atoms with van der Waals surface area (Å²) in [4.78, 5) is 14.8. The van der Waals surface area contributed by atoms with Crippen LogP contribution in [0, 0.1) is 0 Å². The Morgan fingerprint density at radius 1 is 1.06 bits per heavy atom. The van der Waals surface area contributed by atoms with Gasteiger partial charge in [0.15, 0.2) is 0 Å². The first kappa shape index (κ1) is 12.3. The highest BCUT2D eigenvalue weighted by atomic mass is 15.3. The zero-order valence-corrected chi connectivity index (χ0v) is 10.7. The molecule has 5 heteroatoms. The second kappa shape index (κ2) is 5.95. The van der Waals surface area contributed by atoms with E-state index in [1.54, 1.807) is 0 Å². The molecule has 0 saturated carbocycles. The molecule has 1 heterocycles. The lowest BCUT2D eigenvalue weighted by Gasteiger charge is -2.18. The van der Waals surface area contributed by atoms with Gasteiger partial charge in [0.2, 0.25) is 11.9 Å². The largest absolute Gasteiger partial charge is 0.341 e. The van der Waals surface area contributed by atoms with Crippen molar-refractivity contribution < 1.29 is 0 Å². The number of hydrogen-bond acceptors (Lipinski definition) is 5. The number of nitrogens with one attached hydrogen (secondary N) is 1. The van der Waals surface area contributed by atoms with Crippen LogP contribution < -0.4 is 10.2 Å². The number of anilines is 3. The van der Waals surface area contributed by atoms with E-state index in [1.165, 1.54) is 6.33 Å². The highest BCUT2D eigenvalue weighted by molar-refractivity contribution is 5.53. The van der Waals surface area contributed by atoms with Gasteiger partial charge in [0.1, 0.15) is 6.33 Å². The van der Waals surface area contributed by atoms with E-state index in [-0.39, 0.29) is 0 Å². The first-order valence-electron chi connectivity index (χ1n) is 6.09. The number of benzene rings is 1. The quantitative estimate of drug-likeness (QED) is 0.874. The van der Waals surface area contributed by atoms with E-state index in [0.717, 1.165) is 18.8 Å². The van der Waals surface area contributed by atoms with E-state index in [9.17, 15) is 0 Å². The Morgan fingerprint density at radius 3 is 2.44 bits per heavy atom. The van der Waals surface area contributed by atoms with Crippen molar-refractivity contribution in [1.82, 2.24) is 15.0 Å². The molecule has 0 unspecified atom stereocenters. The molecule has 0 fully saturated rings. The zero-order valence-electron chi connectivity index (χ0n) is 10.7. The third-order valence-electron chi connectivity index (χ3n) is 2.64. The summed E-state index contributed by atoms with van der Waals surface area (Å²) in [7, 11) is 0. The predicted molar refractivity (Wildman–Crippen MR) is 73.1 cm³/mol. The lowest BCUT2D eigenvalue weighted by molar-refractivity contribution is 0.813. The van der Waals surface area contributed by atoms with Gasteiger partial charge in [-0.25, -0.2) is 9.97 Å². The molecule has 1 aromatic carbocycles. The lowest BCUT2D eigenvalue weighted by Crippen LogP contribution is -2.24. The van der Waals surface area contributed by atoms with Crippen LogP contribution in [0.5, 0.6) is 0 Å². The number of aromatic nitrogens is 3. The molecule has 18 heavy (non-hydrogen) atoms. The summed E-state index contributed by atoms with van der Waals surface area (Å²) in [5.74, 6) is 1.27. The van der Waals surface area contributed by atoms with Crippen LogP contribution in [0.4, 0.5) is 17.6 Å². The number of para-hydroxylation sites is 1. The molecule has 0 atom stereocenters. The molecule has 0 saturated heterocycles. The molecular formula is C13H17N5. The number of nitrogens with zero attached hydrogens (tertiary/aromatic N) is 4. The minimum atomic E-state index is 0.568. The van der Waals surface area contributed by atoms with Crippen molar-refractivity contribution in [3.63, 3.8) is 0 Å². The van der Waals surface area contributed by atoms with Crippen molar-refractivity contribution in [2.24, 2.45) is 0 Å². The maximum absolute atomic E-state index is 4.40. The van der Waals surface area contributed by atoms with Crippen LogP contribution in [0.25, 0.3) is 0 Å². The van der Waals surface area contributed by atoms with Crippen LogP contribution in [0.15, 0.2) is 36.7 Å². The normalized spacial score (nSPS) is 10.1. The summed E-state index contributed by atoms with van der Waals surface area (Å²) in [6.45, 7) is 5.92. The van der Waals surface area contributed by atoms with Crippen molar-refractivity contribution >= 4 is 17.6 Å². The van der Waals surface area contributed by atoms with Gasteiger partial charge in [-0.3, -0.25) is 0 Å². The van der Waals surface area contributed by atoms with Gasteiger partial charge in [0.25, 0.3) is 0 Å². The Bertz CT molecular complexity index is 482. The zero-order chi connectivity index (χ0) is 12.8. The van der Waals surface area contributed by atoms with Crippen LogP contribution >= 0.6 is 0 Å². The van der Waals surface area contributed by atoms with Crippen molar-refractivity contribution in [2.75, 3.05) is 23.3 Å². The van der Waals surface area contributed by atoms with Gasteiger partial charge < -0.3 is 10.2 Å². The standard InChI is InChI=1S/C13H17N5/c1-3-18(4-2)13-15-10-14-12(17-13)16-11-8-6-5-7-9-11/h5-10H,3-4H2,1-2H3,(H,14,15,16,17). The molecule has 94 valence electrons. The molecule has 2 aromatic rings. The Hall–Kier alpha value is -2.17. The average Bonchev–Trinajstić information content (AvgIpc) is 2.42. The molecule has 2 rings (SSSR count). The maximum Gasteiger partial charge on any atom is 0.231 e.